The molecule has 1 amide bonds. The van der Waals surface area contributed by atoms with Crippen LogP contribution in [0.3, 0.4) is 0 Å². The highest BCUT2D eigenvalue weighted by Gasteiger charge is 2.15. The van der Waals surface area contributed by atoms with Crippen LogP contribution in [0.4, 0.5) is 9.52 Å². The van der Waals surface area contributed by atoms with Gasteiger partial charge >= 0.3 is 0 Å². The predicted octanol–water partition coefficient (Wildman–Crippen LogP) is 4.86. The number of hydrogen-bond acceptors (Lipinski definition) is 4. The van der Waals surface area contributed by atoms with Gasteiger partial charge in [-0.1, -0.05) is 66.3 Å². The van der Waals surface area contributed by atoms with Crippen molar-refractivity contribution in [1.29, 1.82) is 0 Å². The number of halogens is 2. The Morgan fingerprint density at radius 3 is 2.69 bits per heavy atom. The molecule has 1 N–H and O–H groups in total. The number of carbonyl (C=O) groups is 1. The van der Waals surface area contributed by atoms with Crippen molar-refractivity contribution in [3.63, 3.8) is 0 Å². The van der Waals surface area contributed by atoms with E-state index in [1.807, 2.05) is 18.2 Å². The van der Waals surface area contributed by atoms with Crippen molar-refractivity contribution in [3.05, 3.63) is 75.5 Å². The highest BCUT2D eigenvalue weighted by Crippen LogP contribution is 2.25. The molecule has 0 bridgehead atoms. The fourth-order valence-electron chi connectivity index (χ4n) is 2.57. The summed E-state index contributed by atoms with van der Waals surface area (Å²) < 4.78 is 13.8. The standard InChI is InChI=1S/C19H17ClFN3OS/c1-12(13-6-3-2-4-7-13)10-18-23-24-19(26-18)22-17(25)11-14-15(20)8-5-9-16(14)21/h2-9,12H,10-11H2,1H3,(H,22,24,25). The molecule has 0 aliphatic heterocycles. The second kappa shape index (κ2) is 8.38. The SMILES string of the molecule is CC(Cc1nnc(NC(=O)Cc2c(F)cccc2Cl)s1)c1ccccc1. The van der Waals surface area contributed by atoms with Crippen LogP contribution in [0.15, 0.2) is 48.5 Å². The Bertz CT molecular complexity index is 881. The smallest absolute Gasteiger partial charge is 0.230 e. The van der Waals surface area contributed by atoms with E-state index in [1.165, 1.54) is 29.0 Å². The summed E-state index contributed by atoms with van der Waals surface area (Å²) >= 11 is 7.27. The maximum absolute atomic E-state index is 13.8. The van der Waals surface area contributed by atoms with Crippen molar-refractivity contribution in [2.45, 2.75) is 25.7 Å². The molecule has 0 radical (unpaired) electrons. The van der Waals surface area contributed by atoms with E-state index in [0.717, 1.165) is 11.4 Å². The highest BCUT2D eigenvalue weighted by molar-refractivity contribution is 7.15. The first kappa shape index (κ1) is 18.5. The van der Waals surface area contributed by atoms with Gasteiger partial charge in [0.25, 0.3) is 0 Å². The number of hydrogen-bond donors (Lipinski definition) is 1. The molecule has 0 aliphatic rings. The van der Waals surface area contributed by atoms with Crippen molar-refractivity contribution in [2.24, 2.45) is 0 Å². The minimum absolute atomic E-state index is 0.152. The topological polar surface area (TPSA) is 54.9 Å². The number of carbonyl (C=O) groups excluding carboxylic acids is 1. The highest BCUT2D eigenvalue weighted by atomic mass is 35.5. The molecule has 3 aromatic rings. The van der Waals surface area contributed by atoms with Crippen LogP contribution in [0.5, 0.6) is 0 Å². The normalized spacial score (nSPS) is 12.0. The zero-order valence-electron chi connectivity index (χ0n) is 14.1. The number of nitrogens with one attached hydrogen (secondary N) is 1. The first-order valence-corrected chi connectivity index (χ1v) is 9.32. The Morgan fingerprint density at radius 2 is 1.96 bits per heavy atom. The van der Waals surface area contributed by atoms with Gasteiger partial charge in [0.15, 0.2) is 0 Å². The molecule has 2 aromatic carbocycles. The maximum Gasteiger partial charge on any atom is 0.230 e. The number of nitrogens with zero attached hydrogens (tertiary/aromatic N) is 2. The number of rotatable bonds is 6. The van der Waals surface area contributed by atoms with Crippen molar-refractivity contribution >= 4 is 34.0 Å². The molecule has 0 fully saturated rings. The molecular formula is C19H17ClFN3OS. The minimum atomic E-state index is -0.498. The molecule has 7 heteroatoms. The van der Waals surface area contributed by atoms with Gasteiger partial charge < -0.3 is 5.32 Å². The number of benzene rings is 2. The summed E-state index contributed by atoms with van der Waals surface area (Å²) in [5, 5.41) is 12.3. The van der Waals surface area contributed by atoms with Crippen LogP contribution in [0.25, 0.3) is 0 Å². The first-order valence-electron chi connectivity index (χ1n) is 8.13. The molecule has 0 saturated heterocycles. The van der Waals surface area contributed by atoms with Gasteiger partial charge in [-0.3, -0.25) is 4.79 Å². The van der Waals surface area contributed by atoms with Gasteiger partial charge in [0.2, 0.25) is 11.0 Å². The molecule has 134 valence electrons. The van der Waals surface area contributed by atoms with E-state index >= 15 is 0 Å². The minimum Gasteiger partial charge on any atom is -0.300 e. The van der Waals surface area contributed by atoms with Gasteiger partial charge in [0.1, 0.15) is 10.8 Å². The van der Waals surface area contributed by atoms with E-state index in [-0.39, 0.29) is 22.9 Å². The summed E-state index contributed by atoms with van der Waals surface area (Å²) in [4.78, 5) is 12.1. The van der Waals surface area contributed by atoms with Crippen molar-refractivity contribution in [2.75, 3.05) is 5.32 Å². The first-order chi connectivity index (χ1) is 12.5. The molecule has 1 aromatic heterocycles. The van der Waals surface area contributed by atoms with Gasteiger partial charge in [0.05, 0.1) is 6.42 Å². The van der Waals surface area contributed by atoms with Crippen molar-refractivity contribution < 1.29 is 9.18 Å². The Morgan fingerprint density at radius 1 is 1.19 bits per heavy atom. The zero-order chi connectivity index (χ0) is 18.5. The van der Waals surface area contributed by atoms with Crippen LogP contribution in [-0.4, -0.2) is 16.1 Å². The Kier molecular flexibility index (Phi) is 5.96. The lowest BCUT2D eigenvalue weighted by Crippen LogP contribution is -2.15. The van der Waals surface area contributed by atoms with Crippen molar-refractivity contribution in [1.82, 2.24) is 10.2 Å². The summed E-state index contributed by atoms with van der Waals surface area (Å²) in [7, 11) is 0. The van der Waals surface area contributed by atoms with Crippen LogP contribution >= 0.6 is 22.9 Å². The lowest BCUT2D eigenvalue weighted by atomic mass is 9.98. The number of amides is 1. The molecule has 26 heavy (non-hydrogen) atoms. The monoisotopic (exact) mass is 389 g/mol. The lowest BCUT2D eigenvalue weighted by Gasteiger charge is -2.08. The molecule has 1 unspecified atom stereocenters. The Hall–Kier alpha value is -2.31. The zero-order valence-corrected chi connectivity index (χ0v) is 15.6. The van der Waals surface area contributed by atoms with Gasteiger partial charge in [0, 0.05) is 17.0 Å². The van der Waals surface area contributed by atoms with Gasteiger partial charge in [-0.25, -0.2) is 4.39 Å². The molecular weight excluding hydrogens is 373 g/mol. The van der Waals surface area contributed by atoms with E-state index in [1.54, 1.807) is 6.07 Å². The van der Waals surface area contributed by atoms with Crippen LogP contribution in [0, 0.1) is 5.82 Å². The molecule has 0 aliphatic carbocycles. The largest absolute Gasteiger partial charge is 0.300 e. The van der Waals surface area contributed by atoms with E-state index in [9.17, 15) is 9.18 Å². The third kappa shape index (κ3) is 4.65. The molecule has 4 nitrogen and oxygen atoms in total. The molecule has 3 rings (SSSR count). The summed E-state index contributed by atoms with van der Waals surface area (Å²) in [5.41, 5.74) is 1.40. The molecule has 1 atom stereocenters. The van der Waals surface area contributed by atoms with Crippen LogP contribution in [0.2, 0.25) is 5.02 Å². The summed E-state index contributed by atoms with van der Waals surface area (Å²) in [5.74, 6) is -0.581. The van der Waals surface area contributed by atoms with E-state index < -0.39 is 5.82 Å². The van der Waals surface area contributed by atoms with Crippen LogP contribution < -0.4 is 5.32 Å². The Balaban J connectivity index is 1.60. The van der Waals surface area contributed by atoms with E-state index in [4.69, 9.17) is 11.6 Å². The third-order valence-corrected chi connectivity index (χ3v) is 5.18. The fraction of sp³-hybridized carbons (Fsp3) is 0.211. The lowest BCUT2D eigenvalue weighted by molar-refractivity contribution is -0.115. The second-order valence-electron chi connectivity index (χ2n) is 5.94. The second-order valence-corrected chi connectivity index (χ2v) is 7.41. The van der Waals surface area contributed by atoms with Gasteiger partial charge in [-0.2, -0.15) is 0 Å². The van der Waals surface area contributed by atoms with Crippen LogP contribution in [-0.2, 0) is 17.6 Å². The number of aromatic nitrogens is 2. The van der Waals surface area contributed by atoms with Crippen molar-refractivity contribution in [3.8, 4) is 0 Å². The van der Waals surface area contributed by atoms with E-state index in [2.05, 4.69) is 34.6 Å². The predicted molar refractivity (Wildman–Crippen MR) is 102 cm³/mol. The van der Waals surface area contributed by atoms with E-state index in [0.29, 0.717) is 11.0 Å². The Labute approximate surface area is 160 Å². The number of anilines is 1. The maximum atomic E-state index is 13.8. The molecule has 0 spiro atoms. The van der Waals surface area contributed by atoms with Gasteiger partial charge in [-0.15, -0.1) is 10.2 Å². The van der Waals surface area contributed by atoms with Crippen LogP contribution in [0.1, 0.15) is 29.0 Å². The summed E-state index contributed by atoms with van der Waals surface area (Å²) in [6.45, 7) is 2.12. The fourth-order valence-corrected chi connectivity index (χ4v) is 3.69. The quantitative estimate of drug-likeness (QED) is 0.655. The average Bonchev–Trinajstić information content (AvgIpc) is 3.06. The average molecular weight is 390 g/mol. The van der Waals surface area contributed by atoms with Gasteiger partial charge in [-0.05, 0) is 23.6 Å². The molecule has 0 saturated carbocycles. The summed E-state index contributed by atoms with van der Waals surface area (Å²) in [6, 6.07) is 14.5. The molecule has 1 heterocycles. The third-order valence-electron chi connectivity index (χ3n) is 3.96. The summed E-state index contributed by atoms with van der Waals surface area (Å²) in [6.07, 6.45) is 0.581.